The molecular formula is C18H17F3N2O5S. The molecule has 1 aliphatic rings. The molecule has 0 radical (unpaired) electrons. The van der Waals surface area contributed by atoms with Crippen LogP contribution in [0.25, 0.3) is 0 Å². The van der Waals surface area contributed by atoms with Gasteiger partial charge in [0.05, 0.1) is 17.1 Å². The molecule has 2 aromatic rings. The SMILES string of the molecule is CC(=O)N1CC(C)Oc2cc(S(=O)(=O)Nc3ccc(OC(F)(F)F)cc3)ccc21. The van der Waals surface area contributed by atoms with Gasteiger partial charge in [-0.05, 0) is 43.3 Å². The number of amides is 1. The van der Waals surface area contributed by atoms with Gasteiger partial charge in [-0.1, -0.05) is 0 Å². The number of hydrogen-bond acceptors (Lipinski definition) is 5. The van der Waals surface area contributed by atoms with Crippen molar-refractivity contribution < 1.29 is 35.9 Å². The van der Waals surface area contributed by atoms with Crippen LogP contribution in [0.1, 0.15) is 13.8 Å². The Labute approximate surface area is 165 Å². The van der Waals surface area contributed by atoms with Crippen molar-refractivity contribution in [3.63, 3.8) is 0 Å². The minimum absolute atomic E-state index is 0.0527. The molecule has 0 saturated heterocycles. The van der Waals surface area contributed by atoms with E-state index in [0.29, 0.717) is 12.2 Å². The minimum atomic E-state index is -4.84. The highest BCUT2D eigenvalue weighted by Crippen LogP contribution is 2.36. The van der Waals surface area contributed by atoms with Gasteiger partial charge in [-0.25, -0.2) is 8.42 Å². The molecule has 1 unspecified atom stereocenters. The summed E-state index contributed by atoms with van der Waals surface area (Å²) in [6.45, 7) is 3.50. The Bertz CT molecular complexity index is 1020. The van der Waals surface area contributed by atoms with Crippen LogP contribution in [0.4, 0.5) is 24.5 Å². The van der Waals surface area contributed by atoms with Crippen molar-refractivity contribution in [1.82, 2.24) is 0 Å². The van der Waals surface area contributed by atoms with E-state index in [1.807, 2.05) is 0 Å². The maximum atomic E-state index is 12.6. The van der Waals surface area contributed by atoms with Crippen molar-refractivity contribution in [3.8, 4) is 11.5 Å². The number of sulfonamides is 1. The van der Waals surface area contributed by atoms with Gasteiger partial charge in [-0.3, -0.25) is 9.52 Å². The Morgan fingerprint density at radius 3 is 2.45 bits per heavy atom. The second-order valence-electron chi connectivity index (χ2n) is 6.37. The Balaban J connectivity index is 1.83. The lowest BCUT2D eigenvalue weighted by Crippen LogP contribution is -2.41. The molecule has 0 fully saturated rings. The summed E-state index contributed by atoms with van der Waals surface area (Å²) < 4.78 is 73.6. The van der Waals surface area contributed by atoms with Gasteiger partial charge < -0.3 is 14.4 Å². The molecule has 156 valence electrons. The lowest BCUT2D eigenvalue weighted by atomic mass is 10.2. The monoisotopic (exact) mass is 430 g/mol. The van der Waals surface area contributed by atoms with E-state index in [9.17, 15) is 26.4 Å². The fourth-order valence-electron chi connectivity index (χ4n) is 2.83. The fourth-order valence-corrected chi connectivity index (χ4v) is 3.90. The molecule has 1 N–H and O–H groups in total. The molecule has 29 heavy (non-hydrogen) atoms. The zero-order valence-electron chi connectivity index (χ0n) is 15.4. The van der Waals surface area contributed by atoms with Gasteiger partial charge in [0.15, 0.2) is 0 Å². The number of carbonyl (C=O) groups is 1. The Hall–Kier alpha value is -2.95. The van der Waals surface area contributed by atoms with Gasteiger partial charge in [-0.2, -0.15) is 0 Å². The smallest absolute Gasteiger partial charge is 0.487 e. The number of rotatable bonds is 4. The van der Waals surface area contributed by atoms with Crippen LogP contribution in [-0.2, 0) is 14.8 Å². The predicted molar refractivity (Wildman–Crippen MR) is 98.5 cm³/mol. The van der Waals surface area contributed by atoms with E-state index >= 15 is 0 Å². The predicted octanol–water partition coefficient (Wildman–Crippen LogP) is 3.52. The summed E-state index contributed by atoms with van der Waals surface area (Å²) in [5.41, 5.74) is 0.514. The van der Waals surface area contributed by atoms with E-state index in [2.05, 4.69) is 9.46 Å². The Morgan fingerprint density at radius 2 is 1.86 bits per heavy atom. The summed E-state index contributed by atoms with van der Waals surface area (Å²) in [6, 6.07) is 8.36. The third-order valence-electron chi connectivity index (χ3n) is 4.02. The van der Waals surface area contributed by atoms with Gasteiger partial charge >= 0.3 is 6.36 Å². The summed E-state index contributed by atoms with van der Waals surface area (Å²) in [7, 11) is -4.05. The number of ether oxygens (including phenoxy) is 2. The highest BCUT2D eigenvalue weighted by atomic mass is 32.2. The molecule has 0 aromatic heterocycles. The molecule has 1 atom stereocenters. The molecular weight excluding hydrogens is 413 g/mol. The van der Waals surface area contributed by atoms with Crippen molar-refractivity contribution in [2.45, 2.75) is 31.2 Å². The summed E-state index contributed by atoms with van der Waals surface area (Å²) in [5.74, 6) is -0.423. The van der Waals surface area contributed by atoms with Crippen LogP contribution >= 0.6 is 0 Å². The first-order valence-electron chi connectivity index (χ1n) is 8.42. The zero-order valence-corrected chi connectivity index (χ0v) is 16.2. The molecule has 0 aliphatic carbocycles. The molecule has 2 aromatic carbocycles. The third kappa shape index (κ3) is 4.91. The number of fused-ring (bicyclic) bond motifs is 1. The van der Waals surface area contributed by atoms with Crippen LogP contribution in [0.2, 0.25) is 0 Å². The van der Waals surface area contributed by atoms with E-state index < -0.39 is 22.1 Å². The number of alkyl halides is 3. The highest BCUT2D eigenvalue weighted by Gasteiger charge is 2.31. The average Bonchev–Trinajstić information content (AvgIpc) is 2.60. The van der Waals surface area contributed by atoms with E-state index in [-0.39, 0.29) is 28.3 Å². The van der Waals surface area contributed by atoms with Gasteiger partial charge in [0.1, 0.15) is 17.6 Å². The van der Waals surface area contributed by atoms with Crippen molar-refractivity contribution in [1.29, 1.82) is 0 Å². The first kappa shape index (κ1) is 20.8. The molecule has 7 nitrogen and oxygen atoms in total. The maximum absolute atomic E-state index is 12.6. The number of hydrogen-bond donors (Lipinski definition) is 1. The number of halogens is 3. The first-order valence-corrected chi connectivity index (χ1v) is 9.90. The summed E-state index contributed by atoms with van der Waals surface area (Å²) in [6.07, 6.45) is -5.16. The molecule has 11 heteroatoms. The molecule has 1 aliphatic heterocycles. The van der Waals surface area contributed by atoms with Crippen LogP contribution in [0, 0.1) is 0 Å². The second kappa shape index (κ2) is 7.47. The van der Waals surface area contributed by atoms with Crippen LogP contribution in [0.3, 0.4) is 0 Å². The Kier molecular flexibility index (Phi) is 5.35. The van der Waals surface area contributed by atoms with Crippen LogP contribution in [-0.4, -0.2) is 33.3 Å². The van der Waals surface area contributed by atoms with E-state index in [1.165, 1.54) is 30.0 Å². The quantitative estimate of drug-likeness (QED) is 0.802. The summed E-state index contributed by atoms with van der Waals surface area (Å²) in [5, 5.41) is 0. The van der Waals surface area contributed by atoms with Gasteiger partial charge in [-0.15, -0.1) is 13.2 Å². The molecule has 3 rings (SSSR count). The molecule has 1 heterocycles. The number of nitrogens with one attached hydrogen (secondary N) is 1. The molecule has 1 amide bonds. The fraction of sp³-hybridized carbons (Fsp3) is 0.278. The topological polar surface area (TPSA) is 84.9 Å². The molecule has 0 spiro atoms. The summed E-state index contributed by atoms with van der Waals surface area (Å²) in [4.78, 5) is 13.2. The lowest BCUT2D eigenvalue weighted by Gasteiger charge is -2.33. The van der Waals surface area contributed by atoms with E-state index in [1.54, 1.807) is 6.92 Å². The minimum Gasteiger partial charge on any atom is -0.487 e. The van der Waals surface area contributed by atoms with Crippen LogP contribution in [0.15, 0.2) is 47.4 Å². The number of anilines is 2. The maximum Gasteiger partial charge on any atom is 0.573 e. The van der Waals surface area contributed by atoms with Crippen molar-refractivity contribution in [2.75, 3.05) is 16.2 Å². The largest absolute Gasteiger partial charge is 0.573 e. The van der Waals surface area contributed by atoms with Crippen LogP contribution < -0.4 is 19.1 Å². The van der Waals surface area contributed by atoms with Crippen molar-refractivity contribution in [2.24, 2.45) is 0 Å². The van der Waals surface area contributed by atoms with Gasteiger partial charge in [0.25, 0.3) is 10.0 Å². The number of benzene rings is 2. The van der Waals surface area contributed by atoms with Crippen molar-refractivity contribution >= 4 is 27.3 Å². The number of carbonyl (C=O) groups excluding carboxylic acids is 1. The van der Waals surface area contributed by atoms with E-state index in [4.69, 9.17) is 4.74 Å². The Morgan fingerprint density at radius 1 is 1.21 bits per heavy atom. The van der Waals surface area contributed by atoms with Crippen LogP contribution in [0.5, 0.6) is 11.5 Å². The highest BCUT2D eigenvalue weighted by molar-refractivity contribution is 7.92. The zero-order chi connectivity index (χ0) is 21.4. The molecule has 0 bridgehead atoms. The van der Waals surface area contributed by atoms with Gasteiger partial charge in [0, 0.05) is 18.7 Å². The third-order valence-corrected chi connectivity index (χ3v) is 5.40. The van der Waals surface area contributed by atoms with Crippen molar-refractivity contribution in [3.05, 3.63) is 42.5 Å². The second-order valence-corrected chi connectivity index (χ2v) is 8.05. The number of nitrogens with zero attached hydrogens (tertiary/aromatic N) is 1. The summed E-state index contributed by atoms with van der Waals surface area (Å²) >= 11 is 0. The molecule has 0 saturated carbocycles. The lowest BCUT2D eigenvalue weighted by molar-refractivity contribution is -0.274. The van der Waals surface area contributed by atoms with Gasteiger partial charge in [0.2, 0.25) is 5.91 Å². The normalized spacial score (nSPS) is 16.6. The standard InChI is InChI=1S/C18H17F3N2O5S/c1-11-10-23(12(2)24)16-8-7-15(9-17(16)27-11)29(25,26)22-13-3-5-14(6-4-13)28-18(19,20)21/h3-9,11,22H,10H2,1-2H3. The average molecular weight is 430 g/mol. The first-order chi connectivity index (χ1) is 13.4. The van der Waals surface area contributed by atoms with E-state index in [0.717, 1.165) is 24.3 Å².